The van der Waals surface area contributed by atoms with Gasteiger partial charge in [-0.2, -0.15) is 0 Å². The van der Waals surface area contributed by atoms with Crippen molar-refractivity contribution in [1.82, 2.24) is 5.32 Å². The number of methoxy groups -OCH3 is 1. The van der Waals surface area contributed by atoms with Crippen LogP contribution in [0.3, 0.4) is 0 Å². The predicted molar refractivity (Wildman–Crippen MR) is 70.5 cm³/mol. The summed E-state index contributed by atoms with van der Waals surface area (Å²) in [4.78, 5) is 0. The van der Waals surface area contributed by atoms with Crippen molar-refractivity contribution < 1.29 is 14.2 Å². The Morgan fingerprint density at radius 3 is 2.00 bits per heavy atom. The lowest BCUT2D eigenvalue weighted by molar-refractivity contribution is 0.0509. The molecule has 0 fully saturated rings. The molecule has 0 rings (SSSR count). The van der Waals surface area contributed by atoms with E-state index in [0.29, 0.717) is 13.2 Å². The van der Waals surface area contributed by atoms with Crippen LogP contribution in [0.15, 0.2) is 0 Å². The molecular formula is C13H29NO3. The zero-order chi connectivity index (χ0) is 13.0. The molecule has 0 spiro atoms. The summed E-state index contributed by atoms with van der Waals surface area (Å²) in [5.41, 5.74) is 0.204. The molecule has 0 radical (unpaired) electrons. The Morgan fingerprint density at radius 2 is 1.41 bits per heavy atom. The van der Waals surface area contributed by atoms with Crippen LogP contribution in [-0.2, 0) is 14.2 Å². The van der Waals surface area contributed by atoms with Gasteiger partial charge in [-0.15, -0.1) is 0 Å². The minimum atomic E-state index is 0.204. The van der Waals surface area contributed by atoms with Gasteiger partial charge in [-0.1, -0.05) is 0 Å². The summed E-state index contributed by atoms with van der Waals surface area (Å²) in [5.74, 6) is 0. The van der Waals surface area contributed by atoms with E-state index in [1.807, 2.05) is 0 Å². The first-order chi connectivity index (χ1) is 8.06. The van der Waals surface area contributed by atoms with Crippen LogP contribution in [-0.4, -0.2) is 52.2 Å². The maximum Gasteiger partial charge on any atom is 0.0700 e. The molecule has 1 N–H and O–H groups in total. The Morgan fingerprint density at radius 1 is 0.824 bits per heavy atom. The Hall–Kier alpha value is -0.160. The molecule has 0 saturated heterocycles. The predicted octanol–water partition coefficient (Wildman–Crippen LogP) is 1.83. The van der Waals surface area contributed by atoms with E-state index in [2.05, 4.69) is 26.1 Å². The van der Waals surface area contributed by atoms with E-state index < -0.39 is 0 Å². The third kappa shape index (κ3) is 15.8. The van der Waals surface area contributed by atoms with Crippen LogP contribution in [0.2, 0.25) is 0 Å². The molecule has 0 amide bonds. The van der Waals surface area contributed by atoms with Crippen molar-refractivity contribution in [2.45, 2.75) is 39.2 Å². The molecule has 0 heterocycles. The quantitative estimate of drug-likeness (QED) is 0.566. The fraction of sp³-hybridized carbons (Fsp3) is 1.00. The Bertz CT molecular complexity index is 157. The molecule has 0 aliphatic rings. The number of hydrogen-bond acceptors (Lipinski definition) is 4. The normalized spacial score (nSPS) is 12.0. The molecule has 0 saturated carbocycles. The summed E-state index contributed by atoms with van der Waals surface area (Å²) in [7, 11) is 1.68. The Kier molecular flexibility index (Phi) is 10.9. The van der Waals surface area contributed by atoms with Crippen molar-refractivity contribution in [1.29, 1.82) is 0 Å². The molecule has 0 aliphatic carbocycles. The zero-order valence-electron chi connectivity index (χ0n) is 11.9. The van der Waals surface area contributed by atoms with Gasteiger partial charge >= 0.3 is 0 Å². The van der Waals surface area contributed by atoms with Crippen molar-refractivity contribution >= 4 is 0 Å². The second kappa shape index (κ2) is 11.0. The molecule has 0 bridgehead atoms. The van der Waals surface area contributed by atoms with Crippen molar-refractivity contribution in [3.05, 3.63) is 0 Å². The van der Waals surface area contributed by atoms with Crippen LogP contribution in [0, 0.1) is 0 Å². The first kappa shape index (κ1) is 16.8. The summed E-state index contributed by atoms with van der Waals surface area (Å²) in [5, 5.41) is 3.43. The standard InChI is InChI=1S/C13H29NO3/c1-13(2,3)14-7-5-8-16-9-6-10-17-12-11-15-4/h14H,5-12H2,1-4H3. The molecule has 17 heavy (non-hydrogen) atoms. The third-order valence-electron chi connectivity index (χ3n) is 2.13. The van der Waals surface area contributed by atoms with Crippen LogP contribution >= 0.6 is 0 Å². The largest absolute Gasteiger partial charge is 0.382 e. The molecule has 0 aromatic heterocycles. The van der Waals surface area contributed by atoms with Crippen molar-refractivity contribution in [3.8, 4) is 0 Å². The molecule has 104 valence electrons. The molecule has 0 aromatic carbocycles. The van der Waals surface area contributed by atoms with Gasteiger partial charge in [-0.3, -0.25) is 0 Å². The Labute approximate surface area is 106 Å². The van der Waals surface area contributed by atoms with E-state index in [1.165, 1.54) is 0 Å². The van der Waals surface area contributed by atoms with Gasteiger partial charge in [0.05, 0.1) is 13.2 Å². The highest BCUT2D eigenvalue weighted by Gasteiger charge is 2.06. The van der Waals surface area contributed by atoms with E-state index in [4.69, 9.17) is 14.2 Å². The smallest absolute Gasteiger partial charge is 0.0700 e. The van der Waals surface area contributed by atoms with Gasteiger partial charge in [0.2, 0.25) is 0 Å². The minimum Gasteiger partial charge on any atom is -0.382 e. The number of hydrogen-bond donors (Lipinski definition) is 1. The second-order valence-corrected chi connectivity index (χ2v) is 5.10. The van der Waals surface area contributed by atoms with Gasteiger partial charge < -0.3 is 19.5 Å². The molecule has 0 aliphatic heterocycles. The maximum absolute atomic E-state index is 5.50. The van der Waals surface area contributed by atoms with Gasteiger partial charge in [-0.05, 0) is 40.2 Å². The molecular weight excluding hydrogens is 218 g/mol. The fourth-order valence-corrected chi connectivity index (χ4v) is 1.25. The van der Waals surface area contributed by atoms with Crippen LogP contribution < -0.4 is 5.32 Å². The first-order valence-corrected chi connectivity index (χ1v) is 6.46. The van der Waals surface area contributed by atoms with Gasteiger partial charge in [0, 0.05) is 32.5 Å². The van der Waals surface area contributed by atoms with Crippen LogP contribution in [0.4, 0.5) is 0 Å². The highest BCUT2D eigenvalue weighted by Crippen LogP contribution is 1.98. The van der Waals surface area contributed by atoms with E-state index in [-0.39, 0.29) is 5.54 Å². The Balaban J connectivity index is 2.99. The van der Waals surface area contributed by atoms with Crippen molar-refractivity contribution in [2.75, 3.05) is 46.7 Å². The lowest BCUT2D eigenvalue weighted by Gasteiger charge is -2.20. The SMILES string of the molecule is COCCOCCCOCCCNC(C)(C)C. The minimum absolute atomic E-state index is 0.204. The van der Waals surface area contributed by atoms with Crippen LogP contribution in [0.5, 0.6) is 0 Å². The molecule has 4 heteroatoms. The summed E-state index contributed by atoms with van der Waals surface area (Å²) in [6.07, 6.45) is 2.01. The topological polar surface area (TPSA) is 39.7 Å². The highest BCUT2D eigenvalue weighted by molar-refractivity contribution is 4.69. The fourth-order valence-electron chi connectivity index (χ4n) is 1.25. The van der Waals surface area contributed by atoms with E-state index in [9.17, 15) is 0 Å². The van der Waals surface area contributed by atoms with Crippen molar-refractivity contribution in [3.63, 3.8) is 0 Å². The average molecular weight is 247 g/mol. The zero-order valence-corrected chi connectivity index (χ0v) is 11.9. The molecule has 0 atom stereocenters. The lowest BCUT2D eigenvalue weighted by Crippen LogP contribution is -2.36. The summed E-state index contributed by atoms with van der Waals surface area (Å²) >= 11 is 0. The maximum atomic E-state index is 5.50. The van der Waals surface area contributed by atoms with Crippen LogP contribution in [0.25, 0.3) is 0 Å². The summed E-state index contributed by atoms with van der Waals surface area (Å²) in [6.45, 7) is 11.2. The highest BCUT2D eigenvalue weighted by atomic mass is 16.5. The van der Waals surface area contributed by atoms with Gasteiger partial charge in [-0.25, -0.2) is 0 Å². The number of ether oxygens (including phenoxy) is 3. The van der Waals surface area contributed by atoms with E-state index in [1.54, 1.807) is 7.11 Å². The third-order valence-corrected chi connectivity index (χ3v) is 2.13. The summed E-state index contributed by atoms with van der Waals surface area (Å²) in [6, 6.07) is 0. The van der Waals surface area contributed by atoms with Crippen LogP contribution in [0.1, 0.15) is 33.6 Å². The van der Waals surface area contributed by atoms with Gasteiger partial charge in [0.15, 0.2) is 0 Å². The monoisotopic (exact) mass is 247 g/mol. The summed E-state index contributed by atoms with van der Waals surface area (Å²) < 4.78 is 15.7. The van der Waals surface area contributed by atoms with Gasteiger partial charge in [0.25, 0.3) is 0 Å². The number of rotatable bonds is 11. The molecule has 0 unspecified atom stereocenters. The first-order valence-electron chi connectivity index (χ1n) is 6.46. The van der Waals surface area contributed by atoms with E-state index >= 15 is 0 Å². The van der Waals surface area contributed by atoms with E-state index in [0.717, 1.165) is 39.2 Å². The van der Waals surface area contributed by atoms with Gasteiger partial charge in [0.1, 0.15) is 0 Å². The molecule has 0 aromatic rings. The number of nitrogens with one attached hydrogen (secondary N) is 1. The van der Waals surface area contributed by atoms with Crippen molar-refractivity contribution in [2.24, 2.45) is 0 Å². The average Bonchev–Trinajstić information content (AvgIpc) is 2.24. The second-order valence-electron chi connectivity index (χ2n) is 5.10. The molecule has 4 nitrogen and oxygen atoms in total. The lowest BCUT2D eigenvalue weighted by atomic mass is 10.1.